The number of benzene rings is 4. The summed E-state index contributed by atoms with van der Waals surface area (Å²) in [5, 5.41) is 8.12. The van der Waals surface area contributed by atoms with Gasteiger partial charge in [0.15, 0.2) is 0 Å². The number of amides is 3. The Balaban J connectivity index is 1.55. The third-order valence-corrected chi connectivity index (χ3v) is 5.30. The van der Waals surface area contributed by atoms with Gasteiger partial charge in [-0.25, -0.2) is 9.18 Å². The molecule has 3 amide bonds. The van der Waals surface area contributed by atoms with Crippen molar-refractivity contribution in [3.8, 4) is 11.1 Å². The van der Waals surface area contributed by atoms with E-state index in [4.69, 9.17) is 0 Å². The maximum atomic E-state index is 14.0. The molecule has 1 unspecified atom stereocenters. The number of hydrogen-bond acceptors (Lipinski definition) is 2. The maximum Gasteiger partial charge on any atom is 0.319 e. The molecule has 4 rings (SSSR count). The van der Waals surface area contributed by atoms with Crippen LogP contribution in [0.25, 0.3) is 11.1 Å². The monoisotopic (exact) mass is 453 g/mol. The van der Waals surface area contributed by atoms with Gasteiger partial charge in [0.1, 0.15) is 11.9 Å². The molecule has 0 fully saturated rings. The second-order valence-corrected chi connectivity index (χ2v) is 7.72. The minimum absolute atomic E-state index is 0.0355. The van der Waals surface area contributed by atoms with Crippen LogP contribution in [0.4, 0.5) is 20.6 Å². The molecule has 0 aliphatic rings. The lowest BCUT2D eigenvalue weighted by Gasteiger charge is -2.20. The van der Waals surface area contributed by atoms with Crippen molar-refractivity contribution in [1.82, 2.24) is 5.32 Å². The van der Waals surface area contributed by atoms with E-state index >= 15 is 0 Å². The number of carbonyl (C=O) groups is 2. The van der Waals surface area contributed by atoms with Crippen LogP contribution in [0.3, 0.4) is 0 Å². The van der Waals surface area contributed by atoms with Crippen molar-refractivity contribution in [2.75, 3.05) is 10.6 Å². The molecule has 0 aliphatic carbocycles. The molecule has 0 spiro atoms. The van der Waals surface area contributed by atoms with Crippen LogP contribution in [0.1, 0.15) is 5.56 Å². The number of hydrogen-bond donors (Lipinski definition) is 3. The fourth-order valence-corrected chi connectivity index (χ4v) is 3.62. The van der Waals surface area contributed by atoms with Crippen LogP contribution in [0.2, 0.25) is 0 Å². The Kier molecular flexibility index (Phi) is 7.30. The van der Waals surface area contributed by atoms with Crippen LogP contribution >= 0.6 is 0 Å². The summed E-state index contributed by atoms with van der Waals surface area (Å²) in [7, 11) is 0. The molecular formula is C28H24FN3O2. The van der Waals surface area contributed by atoms with Crippen LogP contribution < -0.4 is 16.0 Å². The Bertz CT molecular complexity index is 1260. The van der Waals surface area contributed by atoms with Gasteiger partial charge in [-0.3, -0.25) is 4.79 Å². The highest BCUT2D eigenvalue weighted by Crippen LogP contribution is 2.27. The highest BCUT2D eigenvalue weighted by Gasteiger charge is 2.23. The predicted molar refractivity (Wildman–Crippen MR) is 133 cm³/mol. The van der Waals surface area contributed by atoms with Crippen LogP contribution in [0.5, 0.6) is 0 Å². The van der Waals surface area contributed by atoms with E-state index in [9.17, 15) is 14.0 Å². The van der Waals surface area contributed by atoms with Gasteiger partial charge in [-0.1, -0.05) is 91.0 Å². The van der Waals surface area contributed by atoms with Crippen molar-refractivity contribution in [3.05, 3.63) is 121 Å². The van der Waals surface area contributed by atoms with Crippen molar-refractivity contribution in [2.24, 2.45) is 0 Å². The van der Waals surface area contributed by atoms with Crippen LogP contribution in [-0.4, -0.2) is 18.0 Å². The average molecular weight is 454 g/mol. The van der Waals surface area contributed by atoms with Crippen molar-refractivity contribution < 1.29 is 14.0 Å². The van der Waals surface area contributed by atoms with E-state index in [-0.39, 0.29) is 18.0 Å². The molecule has 0 aliphatic heterocycles. The van der Waals surface area contributed by atoms with E-state index in [1.54, 1.807) is 6.07 Å². The van der Waals surface area contributed by atoms with Crippen LogP contribution in [-0.2, 0) is 11.2 Å². The number of urea groups is 1. The summed E-state index contributed by atoms with van der Waals surface area (Å²) < 4.78 is 14.0. The third-order valence-electron chi connectivity index (χ3n) is 5.30. The molecule has 4 aromatic rings. The minimum Gasteiger partial charge on any atom is -0.326 e. The first-order valence-electron chi connectivity index (χ1n) is 10.9. The zero-order chi connectivity index (χ0) is 23.8. The summed E-state index contributed by atoms with van der Waals surface area (Å²) in [4.78, 5) is 26.0. The van der Waals surface area contributed by atoms with Gasteiger partial charge >= 0.3 is 6.03 Å². The van der Waals surface area contributed by atoms with E-state index in [0.29, 0.717) is 5.69 Å². The summed E-state index contributed by atoms with van der Waals surface area (Å²) in [5.74, 6) is -0.936. The Hall–Kier alpha value is -4.45. The Labute approximate surface area is 197 Å². The molecule has 1 atom stereocenters. The Morgan fingerprint density at radius 1 is 0.676 bits per heavy atom. The molecule has 0 heterocycles. The van der Waals surface area contributed by atoms with Gasteiger partial charge in [0, 0.05) is 17.7 Å². The Morgan fingerprint density at radius 2 is 1.26 bits per heavy atom. The first kappa shape index (κ1) is 22.7. The lowest BCUT2D eigenvalue weighted by atomic mass is 10.0. The van der Waals surface area contributed by atoms with Crippen molar-refractivity contribution in [1.29, 1.82) is 0 Å². The minimum atomic E-state index is -0.891. The molecule has 0 radical (unpaired) electrons. The first-order chi connectivity index (χ1) is 16.6. The second kappa shape index (κ2) is 10.9. The van der Waals surface area contributed by atoms with E-state index in [2.05, 4.69) is 16.0 Å². The van der Waals surface area contributed by atoms with Gasteiger partial charge in [0.2, 0.25) is 5.91 Å². The molecule has 0 saturated heterocycles. The quantitative estimate of drug-likeness (QED) is 0.328. The zero-order valence-electron chi connectivity index (χ0n) is 18.4. The van der Waals surface area contributed by atoms with E-state index in [1.165, 1.54) is 18.2 Å². The van der Waals surface area contributed by atoms with E-state index in [0.717, 1.165) is 16.7 Å². The molecular weight excluding hydrogens is 429 g/mol. The van der Waals surface area contributed by atoms with Gasteiger partial charge in [0.25, 0.3) is 0 Å². The van der Waals surface area contributed by atoms with Gasteiger partial charge < -0.3 is 16.0 Å². The predicted octanol–water partition coefficient (Wildman–Crippen LogP) is 5.86. The summed E-state index contributed by atoms with van der Waals surface area (Å²) in [6, 6.07) is 30.9. The molecule has 0 saturated carbocycles. The smallest absolute Gasteiger partial charge is 0.319 e. The summed E-state index contributed by atoms with van der Waals surface area (Å²) >= 11 is 0. The van der Waals surface area contributed by atoms with Gasteiger partial charge in [0.05, 0.1) is 5.69 Å². The SMILES string of the molecule is O=C(Nc1ccccc1F)NC(Cc1ccccc1)C(=O)Nc1ccccc1-c1ccccc1. The average Bonchev–Trinajstić information content (AvgIpc) is 2.86. The van der Waals surface area contributed by atoms with Crippen LogP contribution in [0.15, 0.2) is 109 Å². The van der Waals surface area contributed by atoms with Crippen molar-refractivity contribution in [2.45, 2.75) is 12.5 Å². The third kappa shape index (κ3) is 5.86. The number of halogens is 1. The summed E-state index contributed by atoms with van der Waals surface area (Å²) in [6.45, 7) is 0. The molecule has 6 heteroatoms. The van der Waals surface area contributed by atoms with Crippen LogP contribution in [0, 0.1) is 5.82 Å². The second-order valence-electron chi connectivity index (χ2n) is 7.72. The lowest BCUT2D eigenvalue weighted by Crippen LogP contribution is -2.47. The molecule has 3 N–H and O–H groups in total. The molecule has 5 nitrogen and oxygen atoms in total. The summed E-state index contributed by atoms with van der Waals surface area (Å²) in [5.41, 5.74) is 3.38. The van der Waals surface area contributed by atoms with Gasteiger partial charge in [-0.05, 0) is 29.3 Å². The van der Waals surface area contributed by atoms with E-state index < -0.39 is 17.9 Å². The lowest BCUT2D eigenvalue weighted by molar-refractivity contribution is -0.117. The largest absolute Gasteiger partial charge is 0.326 e. The first-order valence-corrected chi connectivity index (χ1v) is 10.9. The highest BCUT2D eigenvalue weighted by molar-refractivity contribution is 6.01. The molecule has 34 heavy (non-hydrogen) atoms. The number of rotatable bonds is 7. The zero-order valence-corrected chi connectivity index (χ0v) is 18.4. The molecule has 0 bridgehead atoms. The number of nitrogens with one attached hydrogen (secondary N) is 3. The normalized spacial score (nSPS) is 11.3. The molecule has 4 aromatic carbocycles. The number of anilines is 2. The maximum absolute atomic E-state index is 14.0. The number of carbonyl (C=O) groups excluding carboxylic acids is 2. The Morgan fingerprint density at radius 3 is 1.97 bits per heavy atom. The van der Waals surface area contributed by atoms with Gasteiger partial charge in [-0.15, -0.1) is 0 Å². The fourth-order valence-electron chi connectivity index (χ4n) is 3.62. The topological polar surface area (TPSA) is 70.2 Å². The molecule has 0 aromatic heterocycles. The molecule has 170 valence electrons. The van der Waals surface area contributed by atoms with Crippen molar-refractivity contribution in [3.63, 3.8) is 0 Å². The summed E-state index contributed by atoms with van der Waals surface area (Å²) in [6.07, 6.45) is 0.269. The highest BCUT2D eigenvalue weighted by atomic mass is 19.1. The number of para-hydroxylation sites is 2. The standard InChI is InChI=1S/C28H24FN3O2/c29-23-16-8-10-18-25(23)31-28(34)32-26(19-20-11-3-1-4-12-20)27(33)30-24-17-9-7-15-22(24)21-13-5-2-6-14-21/h1-18,26H,19H2,(H,30,33)(H2,31,32,34). The van der Waals surface area contributed by atoms with Crippen molar-refractivity contribution >= 4 is 23.3 Å². The van der Waals surface area contributed by atoms with Gasteiger partial charge in [-0.2, -0.15) is 0 Å². The van der Waals surface area contributed by atoms with E-state index in [1.807, 2.05) is 84.9 Å². The fraction of sp³-hybridized carbons (Fsp3) is 0.0714.